The lowest BCUT2D eigenvalue weighted by atomic mass is 10.0. The number of benzene rings is 2. The number of hydrogen-bond donors (Lipinski definition) is 1. The maximum atomic E-state index is 12.4. The van der Waals surface area contributed by atoms with Gasteiger partial charge in [0.1, 0.15) is 5.75 Å². The molecule has 4 nitrogen and oxygen atoms in total. The van der Waals surface area contributed by atoms with Gasteiger partial charge in [0.25, 0.3) is 0 Å². The molecule has 0 bridgehead atoms. The maximum absolute atomic E-state index is 12.4. The monoisotopic (exact) mass is 270 g/mol. The first-order chi connectivity index (χ1) is 9.63. The molecule has 2 aromatic carbocycles. The first-order valence-corrected chi connectivity index (χ1v) is 6.23. The van der Waals surface area contributed by atoms with Gasteiger partial charge in [0.05, 0.1) is 17.7 Å². The Hall–Kier alpha value is -2.62. The van der Waals surface area contributed by atoms with Crippen LogP contribution in [0.3, 0.4) is 0 Å². The predicted molar refractivity (Wildman–Crippen MR) is 74.4 cm³/mol. The van der Waals surface area contributed by atoms with Gasteiger partial charge in [-0.3, -0.25) is 4.79 Å². The second-order valence-electron chi connectivity index (χ2n) is 4.14. The van der Waals surface area contributed by atoms with Crippen LogP contribution in [0.15, 0.2) is 48.5 Å². The molecule has 1 N–H and O–H groups in total. The number of ether oxygens (including phenoxy) is 1. The van der Waals surface area contributed by atoms with E-state index < -0.39 is 5.97 Å². The molecule has 2 aromatic rings. The van der Waals surface area contributed by atoms with Crippen LogP contribution in [-0.2, 0) is 0 Å². The SMILES string of the molecule is CCOc1ccccc1C(=O)c1ccc(C(=O)O)cc1. The molecule has 0 aromatic heterocycles. The quantitative estimate of drug-likeness (QED) is 0.848. The van der Waals surface area contributed by atoms with E-state index in [9.17, 15) is 9.59 Å². The Bertz CT molecular complexity index is 629. The summed E-state index contributed by atoms with van der Waals surface area (Å²) in [5.74, 6) is -0.674. The van der Waals surface area contributed by atoms with E-state index in [0.717, 1.165) is 0 Å². The molecule has 0 aliphatic rings. The van der Waals surface area contributed by atoms with Gasteiger partial charge in [-0.15, -0.1) is 0 Å². The van der Waals surface area contributed by atoms with Gasteiger partial charge in [0, 0.05) is 5.56 Å². The number of hydrogen-bond acceptors (Lipinski definition) is 3. The van der Waals surface area contributed by atoms with Crippen LogP contribution >= 0.6 is 0 Å². The summed E-state index contributed by atoms with van der Waals surface area (Å²) in [5, 5.41) is 8.84. The van der Waals surface area contributed by atoms with Crippen molar-refractivity contribution in [2.24, 2.45) is 0 Å². The molecular formula is C16H14O4. The molecule has 0 saturated heterocycles. The Labute approximate surface area is 116 Å². The van der Waals surface area contributed by atoms with Gasteiger partial charge in [0.15, 0.2) is 5.78 Å². The van der Waals surface area contributed by atoms with Gasteiger partial charge in [-0.1, -0.05) is 24.3 Å². The highest BCUT2D eigenvalue weighted by Gasteiger charge is 2.14. The smallest absolute Gasteiger partial charge is 0.335 e. The summed E-state index contributed by atoms with van der Waals surface area (Å²) in [6.07, 6.45) is 0. The molecule has 2 rings (SSSR count). The minimum atomic E-state index is -1.02. The van der Waals surface area contributed by atoms with Crippen LogP contribution in [0, 0.1) is 0 Å². The average molecular weight is 270 g/mol. The summed E-state index contributed by atoms with van der Waals surface area (Å²) in [6.45, 7) is 2.32. The first-order valence-electron chi connectivity index (χ1n) is 6.23. The average Bonchev–Trinajstić information content (AvgIpc) is 2.47. The number of ketones is 1. The summed E-state index contributed by atoms with van der Waals surface area (Å²) in [5.41, 5.74) is 1.05. The molecule has 0 radical (unpaired) electrons. The lowest BCUT2D eigenvalue weighted by Crippen LogP contribution is -2.06. The molecule has 4 heteroatoms. The van der Waals surface area contributed by atoms with E-state index in [-0.39, 0.29) is 11.3 Å². The summed E-state index contributed by atoms with van der Waals surface area (Å²) in [6, 6.07) is 12.8. The van der Waals surface area contributed by atoms with Gasteiger partial charge in [-0.25, -0.2) is 4.79 Å². The highest BCUT2D eigenvalue weighted by molar-refractivity contribution is 6.11. The molecule has 0 spiro atoms. The van der Waals surface area contributed by atoms with Crippen LogP contribution in [0.4, 0.5) is 0 Å². The number of rotatable bonds is 5. The molecule has 0 aliphatic carbocycles. The molecule has 20 heavy (non-hydrogen) atoms. The third-order valence-electron chi connectivity index (χ3n) is 2.83. The van der Waals surface area contributed by atoms with E-state index in [1.54, 1.807) is 24.3 Å². The van der Waals surface area contributed by atoms with E-state index in [1.807, 2.05) is 6.92 Å². The van der Waals surface area contributed by atoms with E-state index in [0.29, 0.717) is 23.5 Å². The highest BCUT2D eigenvalue weighted by atomic mass is 16.5. The third-order valence-corrected chi connectivity index (χ3v) is 2.83. The Balaban J connectivity index is 2.33. The molecule has 0 fully saturated rings. The van der Waals surface area contributed by atoms with Crippen molar-refractivity contribution in [2.45, 2.75) is 6.92 Å². The molecular weight excluding hydrogens is 256 g/mol. The van der Waals surface area contributed by atoms with Crippen LogP contribution in [0.25, 0.3) is 0 Å². The highest BCUT2D eigenvalue weighted by Crippen LogP contribution is 2.21. The maximum Gasteiger partial charge on any atom is 0.335 e. The van der Waals surface area contributed by atoms with Crippen LogP contribution in [0.1, 0.15) is 33.2 Å². The normalized spacial score (nSPS) is 10.1. The van der Waals surface area contributed by atoms with Crippen molar-refractivity contribution >= 4 is 11.8 Å². The number of carbonyl (C=O) groups is 2. The molecule has 0 unspecified atom stereocenters. The summed E-state index contributed by atoms with van der Waals surface area (Å²) in [4.78, 5) is 23.2. The van der Waals surface area contributed by atoms with Crippen molar-refractivity contribution < 1.29 is 19.4 Å². The number of aromatic carboxylic acids is 1. The Morgan fingerprint density at radius 3 is 2.20 bits per heavy atom. The van der Waals surface area contributed by atoms with Gasteiger partial charge >= 0.3 is 5.97 Å². The lowest BCUT2D eigenvalue weighted by molar-refractivity contribution is 0.0696. The van der Waals surface area contributed by atoms with Crippen LogP contribution in [0.2, 0.25) is 0 Å². The van der Waals surface area contributed by atoms with Gasteiger partial charge in [0.2, 0.25) is 0 Å². The summed E-state index contributed by atoms with van der Waals surface area (Å²) in [7, 11) is 0. The van der Waals surface area contributed by atoms with Crippen LogP contribution < -0.4 is 4.74 Å². The van der Waals surface area contributed by atoms with Crippen molar-refractivity contribution in [3.8, 4) is 5.75 Å². The minimum Gasteiger partial charge on any atom is -0.493 e. The Kier molecular flexibility index (Phi) is 4.15. The van der Waals surface area contributed by atoms with E-state index in [2.05, 4.69) is 0 Å². The van der Waals surface area contributed by atoms with Crippen LogP contribution in [-0.4, -0.2) is 23.5 Å². The molecule has 0 amide bonds. The largest absolute Gasteiger partial charge is 0.493 e. The fourth-order valence-electron chi connectivity index (χ4n) is 1.86. The van der Waals surface area contributed by atoms with Gasteiger partial charge < -0.3 is 9.84 Å². The van der Waals surface area contributed by atoms with Crippen molar-refractivity contribution in [3.63, 3.8) is 0 Å². The standard InChI is InChI=1S/C16H14O4/c1-2-20-14-6-4-3-5-13(14)15(17)11-7-9-12(10-8-11)16(18)19/h3-10H,2H2,1H3,(H,18,19). The number of carbonyl (C=O) groups excluding carboxylic acids is 1. The van der Waals surface area contributed by atoms with Gasteiger partial charge in [-0.05, 0) is 31.2 Å². The number of carboxylic acids is 1. The van der Waals surface area contributed by atoms with Gasteiger partial charge in [-0.2, -0.15) is 0 Å². The fraction of sp³-hybridized carbons (Fsp3) is 0.125. The molecule has 0 atom stereocenters. The van der Waals surface area contributed by atoms with Crippen molar-refractivity contribution in [3.05, 3.63) is 65.2 Å². The number of para-hydroxylation sites is 1. The van der Waals surface area contributed by atoms with E-state index >= 15 is 0 Å². The topological polar surface area (TPSA) is 63.6 Å². The zero-order valence-electron chi connectivity index (χ0n) is 11.0. The lowest BCUT2D eigenvalue weighted by Gasteiger charge is -2.09. The Morgan fingerprint density at radius 2 is 1.60 bits per heavy atom. The molecule has 0 saturated carbocycles. The molecule has 0 heterocycles. The van der Waals surface area contributed by atoms with Crippen LogP contribution in [0.5, 0.6) is 5.75 Å². The molecule has 102 valence electrons. The first kappa shape index (κ1) is 13.8. The summed E-state index contributed by atoms with van der Waals surface area (Å²) < 4.78 is 5.43. The zero-order valence-corrected chi connectivity index (χ0v) is 11.0. The van der Waals surface area contributed by atoms with Crippen molar-refractivity contribution in [1.82, 2.24) is 0 Å². The zero-order chi connectivity index (χ0) is 14.5. The predicted octanol–water partition coefficient (Wildman–Crippen LogP) is 3.01. The summed E-state index contributed by atoms with van der Waals surface area (Å²) >= 11 is 0. The molecule has 0 aliphatic heterocycles. The third kappa shape index (κ3) is 2.85. The minimum absolute atomic E-state index is 0.152. The second-order valence-corrected chi connectivity index (χ2v) is 4.14. The Morgan fingerprint density at radius 1 is 1.00 bits per heavy atom. The van der Waals surface area contributed by atoms with E-state index in [4.69, 9.17) is 9.84 Å². The second kappa shape index (κ2) is 6.02. The number of carboxylic acid groups (broad SMARTS) is 1. The van der Waals surface area contributed by atoms with E-state index in [1.165, 1.54) is 24.3 Å². The van der Waals surface area contributed by atoms with Crippen molar-refractivity contribution in [2.75, 3.05) is 6.61 Å². The fourth-order valence-corrected chi connectivity index (χ4v) is 1.86. The van der Waals surface area contributed by atoms with Crippen molar-refractivity contribution in [1.29, 1.82) is 0 Å².